The molecule has 0 saturated heterocycles. The lowest BCUT2D eigenvalue weighted by Crippen LogP contribution is -2.10. The van der Waals surface area contributed by atoms with E-state index in [2.05, 4.69) is 30.5 Å². The molecule has 0 saturated carbocycles. The van der Waals surface area contributed by atoms with Crippen molar-refractivity contribution in [2.24, 2.45) is 0 Å². The van der Waals surface area contributed by atoms with Crippen LogP contribution >= 0.6 is 0 Å². The van der Waals surface area contributed by atoms with E-state index in [1.165, 1.54) is 5.57 Å². The van der Waals surface area contributed by atoms with Gasteiger partial charge in [0, 0.05) is 11.4 Å². The summed E-state index contributed by atoms with van der Waals surface area (Å²) in [5.74, 6) is 0.0662. The highest BCUT2D eigenvalue weighted by Crippen LogP contribution is 2.09. The summed E-state index contributed by atoms with van der Waals surface area (Å²) in [5, 5.41) is 3.23. The SMILES string of the molecule is CC(=O)/C=C(/C)NC1=CCC/C=C(\C)C=C1. The molecule has 1 aliphatic rings. The van der Waals surface area contributed by atoms with Gasteiger partial charge in [-0.3, -0.25) is 4.79 Å². The lowest BCUT2D eigenvalue weighted by atomic mass is 10.1. The summed E-state index contributed by atoms with van der Waals surface area (Å²) in [5.41, 5.74) is 3.22. The maximum atomic E-state index is 10.9. The number of carbonyl (C=O) groups excluding carboxylic acids is 1. The van der Waals surface area contributed by atoms with Gasteiger partial charge in [0.05, 0.1) is 0 Å². The molecule has 86 valence electrons. The Balaban J connectivity index is 2.70. The second-order valence-corrected chi connectivity index (χ2v) is 4.08. The molecular weight excluding hydrogens is 198 g/mol. The predicted molar refractivity (Wildman–Crippen MR) is 67.8 cm³/mol. The zero-order valence-corrected chi connectivity index (χ0v) is 10.2. The third-order valence-corrected chi connectivity index (χ3v) is 2.28. The van der Waals surface area contributed by atoms with Crippen LogP contribution < -0.4 is 5.32 Å². The maximum absolute atomic E-state index is 10.9. The molecule has 2 heteroatoms. The fourth-order valence-electron chi connectivity index (χ4n) is 1.57. The zero-order chi connectivity index (χ0) is 12.0. The second kappa shape index (κ2) is 6.11. The van der Waals surface area contributed by atoms with Crippen LogP contribution in [0.3, 0.4) is 0 Å². The van der Waals surface area contributed by atoms with Gasteiger partial charge in [0.2, 0.25) is 0 Å². The Morgan fingerprint density at radius 3 is 2.62 bits per heavy atom. The van der Waals surface area contributed by atoms with Crippen molar-refractivity contribution in [3.05, 3.63) is 47.3 Å². The predicted octanol–water partition coefficient (Wildman–Crippen LogP) is 3.25. The molecule has 0 aliphatic heterocycles. The summed E-state index contributed by atoms with van der Waals surface area (Å²) in [4.78, 5) is 10.9. The number of ketones is 1. The molecule has 0 aromatic heterocycles. The summed E-state index contributed by atoms with van der Waals surface area (Å²) in [6.45, 7) is 5.55. The summed E-state index contributed by atoms with van der Waals surface area (Å²) < 4.78 is 0. The molecule has 0 heterocycles. The first-order chi connectivity index (χ1) is 7.58. The van der Waals surface area contributed by atoms with Crippen molar-refractivity contribution in [3.8, 4) is 0 Å². The van der Waals surface area contributed by atoms with Crippen molar-refractivity contribution in [1.82, 2.24) is 5.32 Å². The van der Waals surface area contributed by atoms with Gasteiger partial charge in [-0.05, 0) is 45.8 Å². The number of allylic oxidation sites excluding steroid dienone is 7. The van der Waals surface area contributed by atoms with Gasteiger partial charge in [-0.25, -0.2) is 0 Å². The van der Waals surface area contributed by atoms with Crippen LogP contribution in [0.4, 0.5) is 0 Å². The molecule has 0 unspecified atom stereocenters. The van der Waals surface area contributed by atoms with Gasteiger partial charge in [-0.1, -0.05) is 23.8 Å². The minimum Gasteiger partial charge on any atom is -0.359 e. The first-order valence-electron chi connectivity index (χ1n) is 5.59. The van der Waals surface area contributed by atoms with Crippen LogP contribution in [0.15, 0.2) is 47.3 Å². The minimum absolute atomic E-state index is 0.0662. The molecule has 0 bridgehead atoms. The van der Waals surface area contributed by atoms with Crippen LogP contribution in [-0.2, 0) is 4.79 Å². The highest BCUT2D eigenvalue weighted by atomic mass is 16.1. The number of nitrogens with one attached hydrogen (secondary N) is 1. The number of hydrogen-bond acceptors (Lipinski definition) is 2. The highest BCUT2D eigenvalue weighted by molar-refractivity contribution is 5.87. The van der Waals surface area contributed by atoms with Crippen LogP contribution in [0.25, 0.3) is 0 Å². The van der Waals surface area contributed by atoms with Gasteiger partial charge >= 0.3 is 0 Å². The molecule has 2 nitrogen and oxygen atoms in total. The van der Waals surface area contributed by atoms with Gasteiger partial charge in [-0.2, -0.15) is 0 Å². The van der Waals surface area contributed by atoms with Crippen LogP contribution in [0.1, 0.15) is 33.6 Å². The highest BCUT2D eigenvalue weighted by Gasteiger charge is 1.97. The third-order valence-electron chi connectivity index (χ3n) is 2.28. The lowest BCUT2D eigenvalue weighted by molar-refractivity contribution is -0.112. The van der Waals surface area contributed by atoms with Gasteiger partial charge in [-0.15, -0.1) is 0 Å². The van der Waals surface area contributed by atoms with Crippen LogP contribution in [0, 0.1) is 0 Å². The molecule has 0 aromatic carbocycles. The van der Waals surface area contributed by atoms with E-state index in [9.17, 15) is 4.79 Å². The van der Waals surface area contributed by atoms with Crippen molar-refractivity contribution >= 4 is 5.78 Å². The summed E-state index contributed by atoms with van der Waals surface area (Å²) in [7, 11) is 0. The summed E-state index contributed by atoms with van der Waals surface area (Å²) in [6.07, 6.45) is 12.2. The van der Waals surface area contributed by atoms with Gasteiger partial charge in [0.1, 0.15) is 0 Å². The fourth-order valence-corrected chi connectivity index (χ4v) is 1.57. The van der Waals surface area contributed by atoms with E-state index in [-0.39, 0.29) is 5.78 Å². The Kier molecular flexibility index (Phi) is 4.77. The average molecular weight is 217 g/mol. The van der Waals surface area contributed by atoms with Crippen molar-refractivity contribution in [3.63, 3.8) is 0 Å². The summed E-state index contributed by atoms with van der Waals surface area (Å²) in [6, 6.07) is 0. The van der Waals surface area contributed by atoms with E-state index < -0.39 is 0 Å². The largest absolute Gasteiger partial charge is 0.359 e. The quantitative estimate of drug-likeness (QED) is 0.735. The van der Waals surface area contributed by atoms with E-state index >= 15 is 0 Å². The Morgan fingerprint density at radius 1 is 1.25 bits per heavy atom. The normalized spacial score (nSPS) is 20.3. The molecule has 1 rings (SSSR count). The summed E-state index contributed by atoms with van der Waals surface area (Å²) >= 11 is 0. The van der Waals surface area contributed by atoms with Crippen LogP contribution in [0.5, 0.6) is 0 Å². The Morgan fingerprint density at radius 2 is 1.94 bits per heavy atom. The molecule has 0 fully saturated rings. The van der Waals surface area contributed by atoms with E-state index in [1.807, 2.05) is 13.0 Å². The standard InChI is InChI=1S/C14H19NO/c1-11-6-4-5-7-14(9-8-11)15-12(2)10-13(3)16/h6-10,15H,4-5H2,1-3H3/b9-8?,11-6+,12-10-,14-7?. The molecular formula is C14H19NO. The number of hydrogen-bond donors (Lipinski definition) is 1. The Labute approximate surface area is 97.4 Å². The van der Waals surface area contributed by atoms with Crippen LogP contribution in [0.2, 0.25) is 0 Å². The molecule has 0 amide bonds. The topological polar surface area (TPSA) is 29.1 Å². The third kappa shape index (κ3) is 4.78. The van der Waals surface area contributed by atoms with Gasteiger partial charge in [0.25, 0.3) is 0 Å². The Bertz CT molecular complexity index is 384. The molecule has 1 aliphatic carbocycles. The molecule has 0 spiro atoms. The molecule has 0 aromatic rings. The number of rotatable bonds is 3. The van der Waals surface area contributed by atoms with E-state index in [0.29, 0.717) is 0 Å². The van der Waals surface area contributed by atoms with Crippen molar-refractivity contribution in [2.45, 2.75) is 33.6 Å². The number of carbonyl (C=O) groups is 1. The van der Waals surface area contributed by atoms with E-state index in [0.717, 1.165) is 24.2 Å². The molecule has 0 atom stereocenters. The maximum Gasteiger partial charge on any atom is 0.154 e. The van der Waals surface area contributed by atoms with Gasteiger partial charge in [0.15, 0.2) is 5.78 Å². The van der Waals surface area contributed by atoms with E-state index in [1.54, 1.807) is 13.0 Å². The van der Waals surface area contributed by atoms with Crippen LogP contribution in [-0.4, -0.2) is 5.78 Å². The average Bonchev–Trinajstić information content (AvgIpc) is 2.16. The second-order valence-electron chi connectivity index (χ2n) is 4.08. The minimum atomic E-state index is 0.0662. The van der Waals surface area contributed by atoms with E-state index in [4.69, 9.17) is 0 Å². The lowest BCUT2D eigenvalue weighted by Gasteiger charge is -2.09. The first-order valence-corrected chi connectivity index (χ1v) is 5.59. The van der Waals surface area contributed by atoms with Gasteiger partial charge < -0.3 is 5.32 Å². The van der Waals surface area contributed by atoms with Crippen molar-refractivity contribution in [1.29, 1.82) is 0 Å². The molecule has 1 N–H and O–H groups in total. The Hall–Kier alpha value is -1.57. The fraction of sp³-hybridized carbons (Fsp3) is 0.357. The molecule has 16 heavy (non-hydrogen) atoms. The van der Waals surface area contributed by atoms with Crippen molar-refractivity contribution < 1.29 is 4.79 Å². The van der Waals surface area contributed by atoms with Crippen molar-refractivity contribution in [2.75, 3.05) is 0 Å². The zero-order valence-electron chi connectivity index (χ0n) is 10.2. The first kappa shape index (κ1) is 12.5. The monoisotopic (exact) mass is 217 g/mol. The molecule has 0 radical (unpaired) electrons. The smallest absolute Gasteiger partial charge is 0.154 e.